The molecule has 1 heterocycles. The molecule has 0 spiro atoms. The number of nitrogens with two attached hydrogens (primary N) is 1. The molecule has 0 aliphatic heterocycles. The van der Waals surface area contributed by atoms with Crippen LogP contribution in [0, 0.1) is 0 Å². The summed E-state index contributed by atoms with van der Waals surface area (Å²) in [5.74, 6) is -0.0202. The second kappa shape index (κ2) is 5.34. The Kier molecular flexibility index (Phi) is 3.81. The molecule has 1 aromatic rings. The number of aromatic nitrogens is 3. The lowest BCUT2D eigenvalue weighted by Gasteiger charge is -2.36. The molecule has 1 fully saturated rings. The van der Waals surface area contributed by atoms with Crippen LogP contribution >= 0.6 is 0 Å². The molecule has 1 aliphatic rings. The molecule has 7 heteroatoms. The third-order valence-electron chi connectivity index (χ3n) is 3.38. The van der Waals surface area contributed by atoms with Crippen LogP contribution in [-0.2, 0) is 11.3 Å². The molecule has 1 aromatic heterocycles. The monoisotopic (exact) mass is 253 g/mol. The van der Waals surface area contributed by atoms with Crippen LogP contribution in [-0.4, -0.2) is 37.9 Å². The summed E-state index contributed by atoms with van der Waals surface area (Å²) < 4.78 is 1.39. The van der Waals surface area contributed by atoms with Gasteiger partial charge in [0.15, 0.2) is 0 Å². The normalized spacial score (nSPS) is 18.5. The van der Waals surface area contributed by atoms with Crippen LogP contribution < -0.4 is 11.1 Å². The highest BCUT2D eigenvalue weighted by Crippen LogP contribution is 2.27. The number of carbonyl (C=O) groups is 1. The molecule has 0 bridgehead atoms. The fourth-order valence-corrected chi connectivity index (χ4v) is 2.42. The highest BCUT2D eigenvalue weighted by atomic mass is 16.3. The number of carbonyl (C=O) groups excluding carboxylic acids is 1. The van der Waals surface area contributed by atoms with E-state index < -0.39 is 5.54 Å². The van der Waals surface area contributed by atoms with Crippen molar-refractivity contribution in [3.63, 3.8) is 0 Å². The van der Waals surface area contributed by atoms with E-state index in [1.54, 1.807) is 0 Å². The van der Waals surface area contributed by atoms with Crippen molar-refractivity contribution in [1.82, 2.24) is 20.1 Å². The van der Waals surface area contributed by atoms with Gasteiger partial charge in [-0.2, -0.15) is 0 Å². The number of hydrogen-bond donors (Lipinski definition) is 3. The average molecular weight is 253 g/mol. The number of hydrogen-bond acceptors (Lipinski definition) is 5. The molecule has 0 saturated heterocycles. The molecule has 18 heavy (non-hydrogen) atoms. The van der Waals surface area contributed by atoms with Crippen molar-refractivity contribution in [3.05, 3.63) is 6.33 Å². The highest BCUT2D eigenvalue weighted by Gasteiger charge is 2.32. The van der Waals surface area contributed by atoms with Gasteiger partial charge in [0, 0.05) is 0 Å². The summed E-state index contributed by atoms with van der Waals surface area (Å²) in [5, 5.41) is 16.3. The highest BCUT2D eigenvalue weighted by molar-refractivity contribution is 5.76. The van der Waals surface area contributed by atoms with Crippen LogP contribution in [0.15, 0.2) is 6.33 Å². The van der Waals surface area contributed by atoms with Gasteiger partial charge < -0.3 is 16.2 Å². The lowest BCUT2D eigenvalue weighted by atomic mass is 9.82. The van der Waals surface area contributed by atoms with Gasteiger partial charge in [-0.3, -0.25) is 4.79 Å². The third kappa shape index (κ3) is 2.98. The first-order valence-electron chi connectivity index (χ1n) is 6.20. The van der Waals surface area contributed by atoms with Crippen molar-refractivity contribution in [3.8, 4) is 0 Å². The molecule has 1 saturated carbocycles. The Morgan fingerprint density at radius 3 is 2.78 bits per heavy atom. The van der Waals surface area contributed by atoms with Crippen LogP contribution in [0.5, 0.6) is 0 Å². The number of nitrogens with zero attached hydrogens (tertiary/aromatic N) is 3. The Morgan fingerprint density at radius 1 is 1.50 bits per heavy atom. The summed E-state index contributed by atoms with van der Waals surface area (Å²) in [5.41, 5.74) is 4.92. The van der Waals surface area contributed by atoms with Crippen LogP contribution in [0.25, 0.3) is 0 Å². The van der Waals surface area contributed by atoms with Gasteiger partial charge in [0.1, 0.15) is 12.9 Å². The quantitative estimate of drug-likeness (QED) is 0.681. The van der Waals surface area contributed by atoms with Crippen LogP contribution in [0.2, 0.25) is 0 Å². The maximum Gasteiger partial charge on any atom is 0.242 e. The zero-order valence-corrected chi connectivity index (χ0v) is 10.3. The first-order chi connectivity index (χ1) is 8.63. The van der Waals surface area contributed by atoms with Crippen molar-refractivity contribution in [2.45, 2.75) is 44.2 Å². The molecule has 0 aromatic carbocycles. The fraction of sp³-hybridized carbons (Fsp3) is 0.727. The SMILES string of the molecule is Nc1ncn(CC(=O)NC2(CO)CCCCC2)n1. The average Bonchev–Trinajstić information content (AvgIpc) is 2.75. The van der Waals surface area contributed by atoms with Gasteiger partial charge in [-0.05, 0) is 12.8 Å². The first kappa shape index (κ1) is 12.8. The molecule has 0 radical (unpaired) electrons. The van der Waals surface area contributed by atoms with Gasteiger partial charge >= 0.3 is 0 Å². The van der Waals surface area contributed by atoms with Crippen molar-refractivity contribution < 1.29 is 9.90 Å². The number of anilines is 1. The number of aliphatic hydroxyl groups is 1. The Labute approximate surface area is 105 Å². The van der Waals surface area contributed by atoms with E-state index in [4.69, 9.17) is 5.73 Å². The van der Waals surface area contributed by atoms with Gasteiger partial charge in [0.25, 0.3) is 0 Å². The molecular weight excluding hydrogens is 234 g/mol. The van der Waals surface area contributed by atoms with Crippen molar-refractivity contribution in [2.24, 2.45) is 0 Å². The smallest absolute Gasteiger partial charge is 0.242 e. The van der Waals surface area contributed by atoms with Crippen molar-refractivity contribution >= 4 is 11.9 Å². The molecule has 2 rings (SSSR count). The summed E-state index contributed by atoms with van der Waals surface area (Å²) in [6, 6.07) is 0. The zero-order valence-electron chi connectivity index (χ0n) is 10.3. The van der Waals surface area contributed by atoms with Crippen molar-refractivity contribution in [2.75, 3.05) is 12.3 Å². The number of aliphatic hydroxyl groups excluding tert-OH is 1. The Balaban J connectivity index is 1.93. The standard InChI is InChI=1S/C11H19N5O2/c12-10-13-8-16(15-10)6-9(18)14-11(7-17)4-2-1-3-5-11/h8,17H,1-7H2,(H2,12,15)(H,14,18). The van der Waals surface area contributed by atoms with E-state index in [-0.39, 0.29) is 25.0 Å². The second-order valence-electron chi connectivity index (χ2n) is 4.85. The number of nitrogen functional groups attached to an aromatic ring is 1. The Hall–Kier alpha value is -1.63. The summed E-state index contributed by atoms with van der Waals surface area (Å²) in [6.45, 7) is 0.0597. The summed E-state index contributed by atoms with van der Waals surface area (Å²) in [4.78, 5) is 15.7. The summed E-state index contributed by atoms with van der Waals surface area (Å²) in [6.07, 6.45) is 6.32. The first-order valence-corrected chi connectivity index (χ1v) is 6.20. The van der Waals surface area contributed by atoms with E-state index in [1.807, 2.05) is 0 Å². The zero-order chi connectivity index (χ0) is 13.0. The van der Waals surface area contributed by atoms with E-state index in [1.165, 1.54) is 11.0 Å². The maximum atomic E-state index is 11.9. The van der Waals surface area contributed by atoms with E-state index in [0.717, 1.165) is 32.1 Å². The Bertz CT molecular complexity index is 411. The van der Waals surface area contributed by atoms with Gasteiger partial charge in [0.2, 0.25) is 11.9 Å². The van der Waals surface area contributed by atoms with Gasteiger partial charge in [-0.1, -0.05) is 19.3 Å². The van der Waals surface area contributed by atoms with Gasteiger partial charge in [-0.25, -0.2) is 9.67 Å². The number of amides is 1. The van der Waals surface area contributed by atoms with Crippen molar-refractivity contribution in [1.29, 1.82) is 0 Å². The minimum absolute atomic E-state index is 0.0156. The van der Waals surface area contributed by atoms with Gasteiger partial charge in [0.05, 0.1) is 12.1 Å². The lowest BCUT2D eigenvalue weighted by molar-refractivity contribution is -0.125. The predicted octanol–water partition coefficient (Wildman–Crippen LogP) is -0.328. The summed E-state index contributed by atoms with van der Waals surface area (Å²) in [7, 11) is 0. The lowest BCUT2D eigenvalue weighted by Crippen LogP contribution is -2.53. The maximum absolute atomic E-state index is 11.9. The topological polar surface area (TPSA) is 106 Å². The van der Waals surface area contributed by atoms with E-state index in [2.05, 4.69) is 15.4 Å². The third-order valence-corrected chi connectivity index (χ3v) is 3.38. The van der Waals surface area contributed by atoms with E-state index >= 15 is 0 Å². The van der Waals surface area contributed by atoms with E-state index in [0.29, 0.717) is 0 Å². The summed E-state index contributed by atoms with van der Waals surface area (Å²) >= 11 is 0. The predicted molar refractivity (Wildman–Crippen MR) is 65.5 cm³/mol. The number of rotatable bonds is 4. The number of nitrogens with one attached hydrogen (secondary N) is 1. The molecule has 1 amide bonds. The molecule has 7 nitrogen and oxygen atoms in total. The fourth-order valence-electron chi connectivity index (χ4n) is 2.42. The van der Waals surface area contributed by atoms with E-state index in [9.17, 15) is 9.90 Å². The molecule has 4 N–H and O–H groups in total. The van der Waals surface area contributed by atoms with Crippen LogP contribution in [0.4, 0.5) is 5.95 Å². The minimum atomic E-state index is -0.457. The molecular formula is C11H19N5O2. The Morgan fingerprint density at radius 2 is 2.22 bits per heavy atom. The van der Waals surface area contributed by atoms with Crippen LogP contribution in [0.3, 0.4) is 0 Å². The molecule has 1 aliphatic carbocycles. The van der Waals surface area contributed by atoms with Gasteiger partial charge in [-0.15, -0.1) is 5.10 Å². The minimum Gasteiger partial charge on any atom is -0.394 e. The molecule has 0 unspecified atom stereocenters. The largest absolute Gasteiger partial charge is 0.394 e. The second-order valence-corrected chi connectivity index (χ2v) is 4.85. The molecule has 100 valence electrons. The molecule has 0 atom stereocenters. The van der Waals surface area contributed by atoms with Crippen LogP contribution in [0.1, 0.15) is 32.1 Å².